The summed E-state index contributed by atoms with van der Waals surface area (Å²) in [6.07, 6.45) is 0.584. The van der Waals surface area contributed by atoms with E-state index in [2.05, 4.69) is 0 Å². The Morgan fingerprint density at radius 1 is 1.46 bits per heavy atom. The number of nitrogens with zero attached hydrogens (tertiary/aromatic N) is 1. The summed E-state index contributed by atoms with van der Waals surface area (Å²) in [5, 5.41) is 8.50. The maximum absolute atomic E-state index is 8.50. The van der Waals surface area contributed by atoms with Gasteiger partial charge in [-0.15, -0.1) is 0 Å². The largest absolute Gasteiger partial charge is 0.497 e. The normalized spacial score (nSPS) is 11.8. The predicted molar refractivity (Wildman–Crippen MR) is 50.3 cm³/mol. The number of hydrogen-bond donors (Lipinski definition) is 1. The molecular formula is C10H12N2O. The number of benzene rings is 1. The zero-order chi connectivity index (χ0) is 9.68. The fraction of sp³-hybridized carbons (Fsp3) is 0.300. The van der Waals surface area contributed by atoms with Crippen LogP contribution in [0.25, 0.3) is 0 Å². The summed E-state index contributed by atoms with van der Waals surface area (Å²) in [6.45, 7) is 0. The minimum absolute atomic E-state index is 0.423. The van der Waals surface area contributed by atoms with Crippen molar-refractivity contribution in [3.8, 4) is 11.8 Å². The summed E-state index contributed by atoms with van der Waals surface area (Å²) >= 11 is 0. The van der Waals surface area contributed by atoms with Crippen LogP contribution in [0.15, 0.2) is 24.3 Å². The van der Waals surface area contributed by atoms with Crippen LogP contribution in [0, 0.1) is 11.3 Å². The predicted octanol–water partition coefficient (Wildman–Crippen LogP) is 1.09. The van der Waals surface area contributed by atoms with E-state index in [4.69, 9.17) is 15.7 Å². The zero-order valence-electron chi connectivity index (χ0n) is 7.53. The van der Waals surface area contributed by atoms with E-state index in [1.807, 2.05) is 30.3 Å². The topological polar surface area (TPSA) is 59.0 Å². The maximum Gasteiger partial charge on any atom is 0.118 e. The van der Waals surface area contributed by atoms with Crippen LogP contribution in [0.4, 0.5) is 0 Å². The lowest BCUT2D eigenvalue weighted by atomic mass is 10.1. The van der Waals surface area contributed by atoms with Crippen molar-refractivity contribution in [2.75, 3.05) is 7.11 Å². The van der Waals surface area contributed by atoms with E-state index in [-0.39, 0.29) is 0 Å². The highest BCUT2D eigenvalue weighted by atomic mass is 16.5. The number of hydrogen-bond acceptors (Lipinski definition) is 3. The second-order valence-electron chi connectivity index (χ2n) is 2.79. The van der Waals surface area contributed by atoms with Gasteiger partial charge in [0, 0.05) is 6.42 Å². The summed E-state index contributed by atoms with van der Waals surface area (Å²) in [6, 6.07) is 9.11. The van der Waals surface area contributed by atoms with Crippen LogP contribution >= 0.6 is 0 Å². The highest BCUT2D eigenvalue weighted by Gasteiger charge is 2.01. The molecular weight excluding hydrogens is 164 g/mol. The van der Waals surface area contributed by atoms with E-state index in [0.29, 0.717) is 6.42 Å². The average molecular weight is 176 g/mol. The molecule has 68 valence electrons. The summed E-state index contributed by atoms with van der Waals surface area (Å²) < 4.78 is 5.00. The van der Waals surface area contributed by atoms with Gasteiger partial charge in [-0.25, -0.2) is 0 Å². The molecule has 2 N–H and O–H groups in total. The Morgan fingerprint density at radius 2 is 2.08 bits per heavy atom. The van der Waals surface area contributed by atoms with Crippen LogP contribution in [-0.2, 0) is 6.42 Å². The summed E-state index contributed by atoms with van der Waals surface area (Å²) in [5.41, 5.74) is 6.53. The molecule has 0 bridgehead atoms. The lowest BCUT2D eigenvalue weighted by Crippen LogP contribution is -2.19. The van der Waals surface area contributed by atoms with Crippen LogP contribution in [0.1, 0.15) is 5.56 Å². The van der Waals surface area contributed by atoms with Gasteiger partial charge in [0.15, 0.2) is 0 Å². The van der Waals surface area contributed by atoms with Crippen molar-refractivity contribution in [3.05, 3.63) is 29.8 Å². The van der Waals surface area contributed by atoms with Gasteiger partial charge in [0.1, 0.15) is 5.75 Å². The van der Waals surface area contributed by atoms with E-state index in [0.717, 1.165) is 11.3 Å². The van der Waals surface area contributed by atoms with Crippen molar-refractivity contribution in [1.29, 1.82) is 5.26 Å². The molecule has 3 nitrogen and oxygen atoms in total. The van der Waals surface area contributed by atoms with Crippen molar-refractivity contribution >= 4 is 0 Å². The Bertz CT molecular complexity index is 300. The van der Waals surface area contributed by atoms with E-state index in [1.165, 1.54) is 0 Å². The lowest BCUT2D eigenvalue weighted by molar-refractivity contribution is 0.414. The average Bonchev–Trinajstić information content (AvgIpc) is 2.19. The van der Waals surface area contributed by atoms with Gasteiger partial charge in [-0.2, -0.15) is 5.26 Å². The van der Waals surface area contributed by atoms with Gasteiger partial charge >= 0.3 is 0 Å². The first-order valence-corrected chi connectivity index (χ1v) is 4.04. The Labute approximate surface area is 77.7 Å². The van der Waals surface area contributed by atoms with Crippen LogP contribution in [0.2, 0.25) is 0 Å². The summed E-state index contributed by atoms with van der Waals surface area (Å²) in [5.74, 6) is 0.814. The van der Waals surface area contributed by atoms with E-state index in [1.54, 1.807) is 7.11 Å². The minimum Gasteiger partial charge on any atom is -0.497 e. The molecule has 3 heteroatoms. The van der Waals surface area contributed by atoms with Gasteiger partial charge in [-0.05, 0) is 17.7 Å². The molecule has 1 aromatic carbocycles. The number of rotatable bonds is 3. The monoisotopic (exact) mass is 176 g/mol. The molecule has 13 heavy (non-hydrogen) atoms. The Balaban J connectivity index is 2.65. The Hall–Kier alpha value is -1.53. The third kappa shape index (κ3) is 2.77. The highest BCUT2D eigenvalue weighted by Crippen LogP contribution is 2.11. The van der Waals surface area contributed by atoms with E-state index < -0.39 is 6.04 Å². The first-order chi connectivity index (χ1) is 6.26. The summed E-state index contributed by atoms with van der Waals surface area (Å²) in [4.78, 5) is 0. The highest BCUT2D eigenvalue weighted by molar-refractivity contribution is 5.28. The van der Waals surface area contributed by atoms with Crippen molar-refractivity contribution < 1.29 is 4.74 Å². The van der Waals surface area contributed by atoms with Crippen LogP contribution < -0.4 is 10.5 Å². The number of nitriles is 1. The Kier molecular flexibility index (Phi) is 3.30. The van der Waals surface area contributed by atoms with Crippen molar-refractivity contribution in [3.63, 3.8) is 0 Å². The van der Waals surface area contributed by atoms with Crippen molar-refractivity contribution in [1.82, 2.24) is 0 Å². The molecule has 0 aliphatic rings. The second kappa shape index (κ2) is 4.48. The van der Waals surface area contributed by atoms with E-state index in [9.17, 15) is 0 Å². The quantitative estimate of drug-likeness (QED) is 0.749. The molecule has 0 spiro atoms. The SMILES string of the molecule is COc1ccc(CC(N)C#N)cc1. The maximum atomic E-state index is 8.50. The molecule has 0 saturated heterocycles. The standard InChI is InChI=1S/C10H12N2O/c1-13-10-4-2-8(3-5-10)6-9(12)7-11/h2-5,9H,6,12H2,1H3. The first-order valence-electron chi connectivity index (χ1n) is 4.04. The molecule has 0 heterocycles. The van der Waals surface area contributed by atoms with Gasteiger partial charge < -0.3 is 10.5 Å². The molecule has 0 aromatic heterocycles. The second-order valence-corrected chi connectivity index (χ2v) is 2.79. The molecule has 0 amide bonds. The molecule has 1 rings (SSSR count). The molecule has 0 aliphatic carbocycles. The fourth-order valence-corrected chi connectivity index (χ4v) is 1.06. The number of methoxy groups -OCH3 is 1. The zero-order valence-corrected chi connectivity index (χ0v) is 7.53. The third-order valence-electron chi connectivity index (χ3n) is 1.78. The summed E-state index contributed by atoms with van der Waals surface area (Å²) in [7, 11) is 1.62. The van der Waals surface area contributed by atoms with Crippen molar-refractivity contribution in [2.24, 2.45) is 5.73 Å². The smallest absolute Gasteiger partial charge is 0.118 e. The van der Waals surface area contributed by atoms with Crippen molar-refractivity contribution in [2.45, 2.75) is 12.5 Å². The minimum atomic E-state index is -0.423. The first kappa shape index (κ1) is 9.56. The van der Waals surface area contributed by atoms with Gasteiger partial charge in [-0.3, -0.25) is 0 Å². The number of nitrogens with two attached hydrogens (primary N) is 1. The third-order valence-corrected chi connectivity index (χ3v) is 1.78. The van der Waals surface area contributed by atoms with E-state index >= 15 is 0 Å². The molecule has 0 fully saturated rings. The molecule has 0 aliphatic heterocycles. The van der Waals surface area contributed by atoms with Crippen LogP contribution in [0.5, 0.6) is 5.75 Å². The van der Waals surface area contributed by atoms with Gasteiger partial charge in [-0.1, -0.05) is 12.1 Å². The van der Waals surface area contributed by atoms with Gasteiger partial charge in [0.2, 0.25) is 0 Å². The van der Waals surface area contributed by atoms with Crippen LogP contribution in [0.3, 0.4) is 0 Å². The molecule has 0 radical (unpaired) electrons. The number of ether oxygens (including phenoxy) is 1. The Morgan fingerprint density at radius 3 is 2.54 bits per heavy atom. The van der Waals surface area contributed by atoms with Gasteiger partial charge in [0.05, 0.1) is 19.2 Å². The van der Waals surface area contributed by atoms with Crippen LogP contribution in [-0.4, -0.2) is 13.2 Å². The fourth-order valence-electron chi connectivity index (χ4n) is 1.06. The lowest BCUT2D eigenvalue weighted by Gasteiger charge is -2.04. The molecule has 1 aromatic rings. The molecule has 1 unspecified atom stereocenters. The molecule has 1 atom stereocenters. The van der Waals surface area contributed by atoms with Gasteiger partial charge in [0.25, 0.3) is 0 Å². The molecule has 0 saturated carbocycles.